The van der Waals surface area contributed by atoms with Crippen LogP contribution in [0, 0.1) is 11.7 Å². The van der Waals surface area contributed by atoms with E-state index < -0.39 is 16.5 Å². The molecule has 7 nitrogen and oxygen atoms in total. The predicted octanol–water partition coefficient (Wildman–Crippen LogP) is 3.36. The summed E-state index contributed by atoms with van der Waals surface area (Å²) in [5.74, 6) is 0.581. The van der Waals surface area contributed by atoms with Gasteiger partial charge in [-0.15, -0.1) is 5.10 Å². The van der Waals surface area contributed by atoms with Gasteiger partial charge in [0.25, 0.3) is 0 Å². The summed E-state index contributed by atoms with van der Waals surface area (Å²) >= 11 is 0. The normalized spacial score (nSPS) is 26.8. The number of nitrogens with zero attached hydrogens (tertiary/aromatic N) is 3. The van der Waals surface area contributed by atoms with E-state index in [4.69, 9.17) is 4.74 Å². The summed E-state index contributed by atoms with van der Waals surface area (Å²) < 4.78 is 57.6. The van der Waals surface area contributed by atoms with Crippen LogP contribution in [0.2, 0.25) is 0 Å². The van der Waals surface area contributed by atoms with E-state index >= 15 is 0 Å². The summed E-state index contributed by atoms with van der Waals surface area (Å²) in [7, 11) is -4.81. The van der Waals surface area contributed by atoms with Crippen LogP contribution in [-0.2, 0) is 15.1 Å². The predicted molar refractivity (Wildman–Crippen MR) is 117 cm³/mol. The van der Waals surface area contributed by atoms with Crippen molar-refractivity contribution in [2.24, 2.45) is 5.92 Å². The largest absolute Gasteiger partial charge is 0.378 e. The summed E-state index contributed by atoms with van der Waals surface area (Å²) in [6, 6.07) is 9.86. The van der Waals surface area contributed by atoms with Crippen molar-refractivity contribution in [1.82, 2.24) is 14.9 Å². The van der Waals surface area contributed by atoms with Crippen molar-refractivity contribution in [1.29, 1.82) is 0 Å². The van der Waals surface area contributed by atoms with Crippen molar-refractivity contribution in [3.63, 3.8) is 0 Å². The maximum atomic E-state index is 13.5. The second kappa shape index (κ2) is 10.2. The smallest absolute Gasteiger partial charge is 0.372 e. The van der Waals surface area contributed by atoms with E-state index in [-0.39, 0.29) is 17.8 Å². The highest BCUT2D eigenvalue weighted by atomic mass is 32.3. The number of anilines is 1. The summed E-state index contributed by atoms with van der Waals surface area (Å²) in [6.45, 7) is 1.35. The van der Waals surface area contributed by atoms with Gasteiger partial charge in [-0.1, -0.05) is 16.0 Å². The van der Waals surface area contributed by atoms with Crippen LogP contribution in [0.4, 0.5) is 14.1 Å². The number of piperidine rings is 1. The third kappa shape index (κ3) is 6.20. The molecule has 10 heteroatoms. The second-order valence-electron chi connectivity index (χ2n) is 8.60. The van der Waals surface area contributed by atoms with E-state index in [1.807, 2.05) is 17.0 Å². The number of hydrogen-bond donors (Lipinski definition) is 1. The highest BCUT2D eigenvalue weighted by molar-refractivity contribution is 7.84. The zero-order valence-corrected chi connectivity index (χ0v) is 18.6. The number of benzene rings is 1. The Hall–Kier alpha value is -2.17. The van der Waals surface area contributed by atoms with Crippen LogP contribution in [0.1, 0.15) is 43.6 Å². The van der Waals surface area contributed by atoms with Crippen molar-refractivity contribution in [3.8, 4) is 0 Å². The topological polar surface area (TPSA) is 84.4 Å². The molecule has 0 radical (unpaired) electrons. The van der Waals surface area contributed by atoms with Gasteiger partial charge in [-0.05, 0) is 67.9 Å². The van der Waals surface area contributed by atoms with Gasteiger partial charge in [0.1, 0.15) is 5.82 Å². The van der Waals surface area contributed by atoms with Crippen LogP contribution in [-0.4, -0.2) is 50.5 Å². The molecule has 1 aromatic carbocycles. The molecule has 1 aliphatic carbocycles. The Morgan fingerprint density at radius 3 is 2.62 bits per heavy atom. The van der Waals surface area contributed by atoms with Gasteiger partial charge in [0.15, 0.2) is 5.82 Å². The molecule has 0 spiro atoms. The third-order valence-corrected chi connectivity index (χ3v) is 7.03. The van der Waals surface area contributed by atoms with Gasteiger partial charge < -0.3 is 9.64 Å². The molecular weight excluding hydrogens is 438 g/mol. The van der Waals surface area contributed by atoms with E-state index in [1.54, 1.807) is 24.4 Å². The maximum absolute atomic E-state index is 13.5. The van der Waals surface area contributed by atoms with Crippen LogP contribution in [0.15, 0.2) is 42.6 Å². The Labute approximate surface area is 187 Å². The SMILES string of the molecule is O=S(=O)(F)NC1CCN(c2cccnn2)CC1COC1CCC(c2cccc(F)c2)CC1. The molecule has 1 N–H and O–H groups in total. The number of nitrogens with one attached hydrogen (secondary N) is 1. The number of aromatic nitrogens is 2. The Bertz CT molecular complexity index is 988. The highest BCUT2D eigenvalue weighted by Crippen LogP contribution is 2.34. The molecule has 2 atom stereocenters. The molecule has 2 aliphatic rings. The fourth-order valence-corrected chi connectivity index (χ4v) is 5.46. The van der Waals surface area contributed by atoms with E-state index in [0.29, 0.717) is 37.9 Å². The molecule has 1 saturated carbocycles. The van der Waals surface area contributed by atoms with Crippen molar-refractivity contribution in [2.45, 2.75) is 50.2 Å². The molecule has 32 heavy (non-hydrogen) atoms. The lowest BCUT2D eigenvalue weighted by Crippen LogP contribution is -2.52. The quantitative estimate of drug-likeness (QED) is 0.630. The first kappa shape index (κ1) is 23.0. The van der Waals surface area contributed by atoms with Gasteiger partial charge in [-0.2, -0.15) is 18.2 Å². The summed E-state index contributed by atoms with van der Waals surface area (Å²) in [4.78, 5) is 2.02. The lowest BCUT2D eigenvalue weighted by Gasteiger charge is -2.39. The highest BCUT2D eigenvalue weighted by Gasteiger charge is 2.34. The first-order valence-corrected chi connectivity index (χ1v) is 12.4. The second-order valence-corrected chi connectivity index (χ2v) is 9.71. The molecule has 2 aromatic rings. The molecule has 4 rings (SSSR count). The zero-order chi connectivity index (χ0) is 22.6. The van der Waals surface area contributed by atoms with Crippen molar-refractivity contribution < 1.29 is 21.4 Å². The van der Waals surface area contributed by atoms with Crippen LogP contribution >= 0.6 is 0 Å². The molecule has 2 heterocycles. The average Bonchev–Trinajstić information content (AvgIpc) is 2.78. The Morgan fingerprint density at radius 1 is 1.12 bits per heavy atom. The average molecular weight is 467 g/mol. The zero-order valence-electron chi connectivity index (χ0n) is 17.7. The minimum atomic E-state index is -4.81. The van der Waals surface area contributed by atoms with Crippen LogP contribution in [0.3, 0.4) is 0 Å². The van der Waals surface area contributed by atoms with Gasteiger partial charge >= 0.3 is 10.4 Å². The lowest BCUT2D eigenvalue weighted by atomic mass is 9.82. The fraction of sp³-hybridized carbons (Fsp3) is 0.545. The number of rotatable bonds is 7. The van der Waals surface area contributed by atoms with Crippen LogP contribution in [0.25, 0.3) is 0 Å². The minimum absolute atomic E-state index is 0.0503. The first-order valence-electron chi connectivity index (χ1n) is 11.0. The Morgan fingerprint density at radius 2 is 1.94 bits per heavy atom. The molecule has 2 fully saturated rings. The number of halogens is 2. The molecular formula is C22H28F2N4O3S. The summed E-state index contributed by atoms with van der Waals surface area (Å²) in [5, 5.41) is 8.03. The van der Waals surface area contributed by atoms with Crippen LogP contribution in [0.5, 0.6) is 0 Å². The van der Waals surface area contributed by atoms with Gasteiger partial charge in [0.05, 0.1) is 12.7 Å². The molecule has 1 aromatic heterocycles. The maximum Gasteiger partial charge on any atom is 0.372 e. The summed E-state index contributed by atoms with van der Waals surface area (Å²) in [6.07, 6.45) is 5.60. The minimum Gasteiger partial charge on any atom is -0.378 e. The molecule has 1 aliphatic heterocycles. The van der Waals surface area contributed by atoms with E-state index in [2.05, 4.69) is 14.9 Å². The molecule has 1 saturated heterocycles. The third-order valence-electron chi connectivity index (χ3n) is 6.45. The van der Waals surface area contributed by atoms with E-state index in [0.717, 1.165) is 31.2 Å². The molecule has 0 bridgehead atoms. The van der Waals surface area contributed by atoms with Gasteiger partial charge in [0.2, 0.25) is 0 Å². The Balaban J connectivity index is 1.34. The standard InChI is InChI=1S/C22H28F2N4O3S/c23-19-4-1-3-17(13-19)16-6-8-20(9-7-16)31-15-18-14-28(22-5-2-11-25-26-22)12-10-21(18)27-32(24,29)30/h1-5,11,13,16,18,20-21,27H,6-10,12,14-15H2. The number of hydrogen-bond acceptors (Lipinski definition) is 6. The van der Waals surface area contributed by atoms with Gasteiger partial charge in [-0.3, -0.25) is 0 Å². The van der Waals surface area contributed by atoms with Crippen molar-refractivity contribution in [2.75, 3.05) is 24.6 Å². The number of ether oxygens (including phenoxy) is 1. The van der Waals surface area contributed by atoms with Gasteiger partial charge in [0, 0.05) is 31.2 Å². The fourth-order valence-electron chi connectivity index (χ4n) is 4.79. The Kier molecular flexibility index (Phi) is 7.32. The molecule has 2 unspecified atom stereocenters. The first-order chi connectivity index (χ1) is 15.4. The molecule has 0 amide bonds. The molecule has 174 valence electrons. The van der Waals surface area contributed by atoms with Crippen molar-refractivity contribution in [3.05, 3.63) is 54.0 Å². The monoisotopic (exact) mass is 466 g/mol. The lowest BCUT2D eigenvalue weighted by molar-refractivity contribution is -0.00224. The van der Waals surface area contributed by atoms with E-state index in [9.17, 15) is 16.7 Å². The summed E-state index contributed by atoms with van der Waals surface area (Å²) in [5.41, 5.74) is 1.02. The van der Waals surface area contributed by atoms with Crippen molar-refractivity contribution >= 4 is 16.2 Å². The van der Waals surface area contributed by atoms with Crippen LogP contribution < -0.4 is 9.62 Å². The van der Waals surface area contributed by atoms with Gasteiger partial charge in [-0.25, -0.2) is 4.39 Å². The van der Waals surface area contributed by atoms with E-state index in [1.165, 1.54) is 6.07 Å².